The number of alkyl carbamates (subject to hydrolysis) is 1. The Balaban J connectivity index is 1.28. The minimum absolute atomic E-state index is 0.0190. The van der Waals surface area contributed by atoms with Crippen LogP contribution in [0.1, 0.15) is 43.2 Å². The summed E-state index contributed by atoms with van der Waals surface area (Å²) in [5, 5.41) is 12.2. The Hall–Kier alpha value is -3.00. The van der Waals surface area contributed by atoms with Crippen LogP contribution in [0.5, 0.6) is 0 Å². The first kappa shape index (κ1) is 22.8. The Morgan fingerprint density at radius 3 is 2.26 bits per heavy atom. The molecule has 3 aliphatic rings. The van der Waals surface area contributed by atoms with Gasteiger partial charge in [-0.1, -0.05) is 55.5 Å². The molecule has 34 heavy (non-hydrogen) atoms. The molecule has 0 bridgehead atoms. The van der Waals surface area contributed by atoms with Crippen LogP contribution >= 0.6 is 11.8 Å². The molecule has 2 N–H and O–H groups in total. The zero-order valence-electron chi connectivity index (χ0n) is 19.0. The monoisotopic (exact) mass is 480 g/mol. The Morgan fingerprint density at radius 2 is 1.71 bits per heavy atom. The van der Waals surface area contributed by atoms with Crippen molar-refractivity contribution in [2.45, 2.75) is 49.6 Å². The molecule has 0 spiro atoms. The molecule has 178 valence electrons. The van der Waals surface area contributed by atoms with E-state index in [1.165, 1.54) is 16.7 Å². The van der Waals surface area contributed by atoms with Crippen LogP contribution in [-0.4, -0.2) is 57.8 Å². The van der Waals surface area contributed by atoms with E-state index in [1.54, 1.807) is 0 Å². The van der Waals surface area contributed by atoms with Gasteiger partial charge in [0.05, 0.1) is 5.37 Å². The molecule has 1 saturated carbocycles. The molecule has 5 rings (SSSR count). The van der Waals surface area contributed by atoms with Gasteiger partial charge in [-0.25, -0.2) is 9.59 Å². The maximum absolute atomic E-state index is 13.4. The Morgan fingerprint density at radius 1 is 1.09 bits per heavy atom. The summed E-state index contributed by atoms with van der Waals surface area (Å²) in [5.74, 6) is -1.01. The summed E-state index contributed by atoms with van der Waals surface area (Å²) in [7, 11) is 0. The van der Waals surface area contributed by atoms with Crippen LogP contribution in [-0.2, 0) is 14.3 Å². The first-order chi connectivity index (χ1) is 16.5. The first-order valence-electron chi connectivity index (χ1n) is 11.8. The third kappa shape index (κ3) is 4.15. The Labute approximate surface area is 202 Å². The van der Waals surface area contributed by atoms with Crippen molar-refractivity contribution in [1.82, 2.24) is 10.2 Å². The zero-order chi connectivity index (χ0) is 23.8. The summed E-state index contributed by atoms with van der Waals surface area (Å²) in [5.41, 5.74) is 4.54. The minimum Gasteiger partial charge on any atom is -0.480 e. The quantitative estimate of drug-likeness (QED) is 0.620. The fourth-order valence-electron chi connectivity index (χ4n) is 5.10. The van der Waals surface area contributed by atoms with Crippen LogP contribution in [0.2, 0.25) is 0 Å². The lowest BCUT2D eigenvalue weighted by Gasteiger charge is -2.31. The molecule has 2 aliphatic carbocycles. The van der Waals surface area contributed by atoms with Gasteiger partial charge in [-0.3, -0.25) is 4.79 Å². The number of carbonyl (C=O) groups is 3. The largest absolute Gasteiger partial charge is 0.480 e. The number of hydrogen-bond acceptors (Lipinski definition) is 5. The molecule has 1 aliphatic heterocycles. The summed E-state index contributed by atoms with van der Waals surface area (Å²) in [6, 6.07) is 14.6. The molecule has 0 radical (unpaired) electrons. The number of carboxylic acids is 1. The van der Waals surface area contributed by atoms with Crippen molar-refractivity contribution in [3.05, 3.63) is 59.7 Å². The third-order valence-electron chi connectivity index (χ3n) is 6.96. The van der Waals surface area contributed by atoms with Gasteiger partial charge in [-0.05, 0) is 47.4 Å². The summed E-state index contributed by atoms with van der Waals surface area (Å²) in [6.07, 6.45) is 1.67. The highest BCUT2D eigenvalue weighted by Crippen LogP contribution is 2.44. The van der Waals surface area contributed by atoms with E-state index >= 15 is 0 Å². The lowest BCUT2D eigenvalue weighted by atomic mass is 9.98. The molecular formula is C26H28N2O5S. The number of fused-ring (bicyclic) bond motifs is 3. The zero-order valence-corrected chi connectivity index (χ0v) is 19.8. The van der Waals surface area contributed by atoms with E-state index < -0.39 is 24.1 Å². The van der Waals surface area contributed by atoms with Crippen molar-refractivity contribution in [2.75, 3.05) is 12.4 Å². The molecule has 3 atom stereocenters. The van der Waals surface area contributed by atoms with E-state index in [0.29, 0.717) is 12.2 Å². The van der Waals surface area contributed by atoms with E-state index in [9.17, 15) is 19.5 Å². The van der Waals surface area contributed by atoms with Crippen molar-refractivity contribution in [3.8, 4) is 11.1 Å². The van der Waals surface area contributed by atoms with E-state index in [0.717, 1.165) is 35.1 Å². The van der Waals surface area contributed by atoms with E-state index in [2.05, 4.69) is 29.6 Å². The smallest absolute Gasteiger partial charge is 0.407 e. The van der Waals surface area contributed by atoms with Gasteiger partial charge >= 0.3 is 12.1 Å². The number of thioether (sulfide) groups is 1. The normalized spacial score (nSPS) is 22.1. The maximum Gasteiger partial charge on any atom is 0.407 e. The predicted octanol–water partition coefficient (Wildman–Crippen LogP) is 4.07. The number of carbonyl (C=O) groups excluding carboxylic acids is 2. The molecular weight excluding hydrogens is 452 g/mol. The highest BCUT2D eigenvalue weighted by molar-refractivity contribution is 8.00. The lowest BCUT2D eigenvalue weighted by Crippen LogP contribution is -2.55. The predicted molar refractivity (Wildman–Crippen MR) is 130 cm³/mol. The van der Waals surface area contributed by atoms with Crippen molar-refractivity contribution in [3.63, 3.8) is 0 Å². The summed E-state index contributed by atoms with van der Waals surface area (Å²) in [4.78, 5) is 39.4. The Bertz CT molecular complexity index is 1070. The molecule has 0 aromatic heterocycles. The number of rotatable bonds is 7. The minimum atomic E-state index is -1.01. The second kappa shape index (κ2) is 9.33. The number of aliphatic carboxylic acids is 1. The molecule has 2 amide bonds. The first-order valence-corrected chi connectivity index (χ1v) is 12.8. The van der Waals surface area contributed by atoms with Crippen LogP contribution in [0.25, 0.3) is 11.1 Å². The van der Waals surface area contributed by atoms with Gasteiger partial charge in [0.2, 0.25) is 5.91 Å². The standard InChI is InChI=1S/C26H28N2O5S/c1-2-22-28(21(14-34-22)25(30)31)24(29)23(15-11-12-15)27-26(32)33-13-20-18-9-5-3-7-16(18)17-8-4-6-10-19(17)20/h3-10,15,20-23H,2,11-14H2,1H3,(H,27,32)(H,30,31). The van der Waals surface area contributed by atoms with Gasteiger partial charge in [-0.2, -0.15) is 0 Å². The second-order valence-electron chi connectivity index (χ2n) is 9.08. The average Bonchev–Trinajstić information content (AvgIpc) is 3.51. The van der Waals surface area contributed by atoms with Crippen molar-refractivity contribution < 1.29 is 24.2 Å². The average molecular weight is 481 g/mol. The van der Waals surface area contributed by atoms with Crippen molar-refractivity contribution in [1.29, 1.82) is 0 Å². The van der Waals surface area contributed by atoms with Crippen LogP contribution in [0.3, 0.4) is 0 Å². The van der Waals surface area contributed by atoms with E-state index in [4.69, 9.17) is 4.74 Å². The number of amides is 2. The van der Waals surface area contributed by atoms with Gasteiger partial charge < -0.3 is 20.1 Å². The van der Waals surface area contributed by atoms with Crippen molar-refractivity contribution in [2.24, 2.45) is 5.92 Å². The number of hydrogen-bond donors (Lipinski definition) is 2. The highest BCUT2D eigenvalue weighted by atomic mass is 32.2. The summed E-state index contributed by atoms with van der Waals surface area (Å²) in [6.45, 7) is 2.10. The van der Waals surface area contributed by atoms with Crippen LogP contribution in [0, 0.1) is 5.92 Å². The molecule has 3 unspecified atom stereocenters. The number of nitrogens with zero attached hydrogens (tertiary/aromatic N) is 1. The van der Waals surface area contributed by atoms with E-state index in [1.807, 2.05) is 31.2 Å². The number of benzene rings is 2. The molecule has 2 aromatic rings. The number of nitrogens with one attached hydrogen (secondary N) is 1. The van der Waals surface area contributed by atoms with Crippen LogP contribution in [0.4, 0.5) is 4.79 Å². The lowest BCUT2D eigenvalue weighted by molar-refractivity contribution is -0.150. The van der Waals surface area contributed by atoms with Crippen LogP contribution in [0.15, 0.2) is 48.5 Å². The third-order valence-corrected chi connectivity index (χ3v) is 8.41. The maximum atomic E-state index is 13.4. The molecule has 1 heterocycles. The molecule has 7 nitrogen and oxygen atoms in total. The number of ether oxygens (including phenoxy) is 1. The summed E-state index contributed by atoms with van der Waals surface area (Å²) < 4.78 is 5.65. The molecule has 8 heteroatoms. The van der Waals surface area contributed by atoms with Crippen molar-refractivity contribution >= 4 is 29.7 Å². The molecule has 2 aromatic carbocycles. The van der Waals surface area contributed by atoms with Gasteiger partial charge in [0.25, 0.3) is 0 Å². The summed E-state index contributed by atoms with van der Waals surface area (Å²) >= 11 is 1.48. The highest BCUT2D eigenvalue weighted by Gasteiger charge is 2.47. The number of carboxylic acid groups (broad SMARTS) is 1. The van der Waals surface area contributed by atoms with Gasteiger partial charge in [0.1, 0.15) is 18.7 Å². The van der Waals surface area contributed by atoms with Gasteiger partial charge in [-0.15, -0.1) is 11.8 Å². The molecule has 2 fully saturated rings. The fraction of sp³-hybridized carbons (Fsp3) is 0.423. The van der Waals surface area contributed by atoms with Gasteiger partial charge in [0.15, 0.2) is 0 Å². The van der Waals surface area contributed by atoms with Crippen LogP contribution < -0.4 is 5.32 Å². The second-order valence-corrected chi connectivity index (χ2v) is 10.3. The Kier molecular flexibility index (Phi) is 6.25. The van der Waals surface area contributed by atoms with Gasteiger partial charge in [0, 0.05) is 11.7 Å². The topological polar surface area (TPSA) is 95.9 Å². The van der Waals surface area contributed by atoms with E-state index in [-0.39, 0.29) is 29.7 Å². The fourth-order valence-corrected chi connectivity index (χ4v) is 6.46. The SMILES string of the molecule is CCC1SCC(C(=O)O)N1C(=O)C(NC(=O)OCC1c2ccccc2-c2ccccc21)C1CC1. The molecule has 1 saturated heterocycles.